The summed E-state index contributed by atoms with van der Waals surface area (Å²) < 4.78 is 4.40. The number of imidazole rings is 1. The van der Waals surface area contributed by atoms with E-state index in [1.807, 2.05) is 29.3 Å². The van der Waals surface area contributed by atoms with Crippen LogP contribution in [-0.4, -0.2) is 43.4 Å². The minimum absolute atomic E-state index is 0.458. The zero-order valence-corrected chi connectivity index (χ0v) is 14.6. The third-order valence-electron chi connectivity index (χ3n) is 5.13. The average Bonchev–Trinajstić information content (AvgIpc) is 3.24. The van der Waals surface area contributed by atoms with Gasteiger partial charge in [0.15, 0.2) is 0 Å². The number of likely N-dealkylation sites (tertiary alicyclic amines) is 1. The Bertz CT molecular complexity index is 578. The number of aryl methyl sites for hydroxylation is 1. The minimum atomic E-state index is 0.458. The molecule has 1 fully saturated rings. The summed E-state index contributed by atoms with van der Waals surface area (Å²) in [5.74, 6) is 1.88. The third kappa shape index (κ3) is 3.83. The topological polar surface area (TPSA) is 38.9 Å². The van der Waals surface area contributed by atoms with Gasteiger partial charge in [-0.1, -0.05) is 0 Å². The molecule has 1 aliphatic heterocycles. The maximum absolute atomic E-state index is 4.70. The van der Waals surface area contributed by atoms with E-state index in [1.54, 1.807) is 0 Å². The van der Waals surface area contributed by atoms with E-state index in [1.165, 1.54) is 31.8 Å². The maximum Gasteiger partial charge on any atom is 0.112 e. The lowest BCUT2D eigenvalue weighted by Crippen LogP contribution is -2.38. The first-order valence-corrected chi connectivity index (χ1v) is 8.89. The Balaban J connectivity index is 1.60. The van der Waals surface area contributed by atoms with E-state index < -0.39 is 0 Å². The molecule has 3 heterocycles. The normalized spacial score (nSPS) is 18.6. The number of hydrogen-bond donors (Lipinski definition) is 0. The molecule has 0 radical (unpaired) electrons. The van der Waals surface area contributed by atoms with E-state index >= 15 is 0 Å². The molecule has 0 amide bonds. The van der Waals surface area contributed by atoms with E-state index in [4.69, 9.17) is 4.98 Å². The molecule has 0 bridgehead atoms. The van der Waals surface area contributed by atoms with Crippen LogP contribution in [0.1, 0.15) is 57.8 Å². The Labute approximate surface area is 139 Å². The molecule has 0 N–H and O–H groups in total. The van der Waals surface area contributed by atoms with Gasteiger partial charge in [-0.3, -0.25) is 4.68 Å². The van der Waals surface area contributed by atoms with Gasteiger partial charge in [0.05, 0.1) is 0 Å². The number of piperidine rings is 1. The zero-order chi connectivity index (χ0) is 16.2. The predicted octanol–water partition coefficient (Wildman–Crippen LogP) is 3.32. The molecule has 0 aromatic carbocycles. The molecule has 1 aliphatic rings. The van der Waals surface area contributed by atoms with Crippen molar-refractivity contribution in [3.8, 4) is 0 Å². The third-order valence-corrected chi connectivity index (χ3v) is 5.13. The van der Waals surface area contributed by atoms with Crippen LogP contribution in [0, 0.1) is 0 Å². The lowest BCUT2D eigenvalue weighted by Gasteiger charge is -2.34. The minimum Gasteiger partial charge on any atom is -0.332 e. The first-order chi connectivity index (χ1) is 11.1. The van der Waals surface area contributed by atoms with Gasteiger partial charge in [-0.2, -0.15) is 5.10 Å². The van der Waals surface area contributed by atoms with Gasteiger partial charge in [0, 0.05) is 49.3 Å². The van der Waals surface area contributed by atoms with Gasteiger partial charge >= 0.3 is 0 Å². The molecule has 23 heavy (non-hydrogen) atoms. The highest BCUT2D eigenvalue weighted by Gasteiger charge is 2.25. The quantitative estimate of drug-likeness (QED) is 0.821. The summed E-state index contributed by atoms with van der Waals surface area (Å²) in [7, 11) is 0. The van der Waals surface area contributed by atoms with Crippen LogP contribution >= 0.6 is 0 Å². The van der Waals surface area contributed by atoms with Crippen LogP contribution in [-0.2, 0) is 6.54 Å². The number of rotatable bonds is 6. The second-order valence-corrected chi connectivity index (χ2v) is 7.00. The molecule has 0 spiro atoms. The number of nitrogens with zero attached hydrogens (tertiary/aromatic N) is 5. The maximum atomic E-state index is 4.70. The van der Waals surface area contributed by atoms with Crippen LogP contribution in [0.25, 0.3) is 0 Å². The summed E-state index contributed by atoms with van der Waals surface area (Å²) in [4.78, 5) is 7.27. The highest BCUT2D eigenvalue weighted by molar-refractivity contribution is 5.04. The number of aromatic nitrogens is 4. The molecule has 0 unspecified atom stereocenters. The second kappa shape index (κ2) is 7.30. The molecule has 2 aromatic rings. The molecule has 3 rings (SSSR count). The Kier molecular flexibility index (Phi) is 5.16. The lowest BCUT2D eigenvalue weighted by atomic mass is 9.95. The van der Waals surface area contributed by atoms with Crippen molar-refractivity contribution in [3.63, 3.8) is 0 Å². The first kappa shape index (κ1) is 16.2. The van der Waals surface area contributed by atoms with E-state index in [-0.39, 0.29) is 0 Å². The summed E-state index contributed by atoms with van der Waals surface area (Å²) in [6.07, 6.45) is 11.5. The van der Waals surface area contributed by atoms with Crippen molar-refractivity contribution in [2.75, 3.05) is 13.1 Å². The average molecular weight is 315 g/mol. The van der Waals surface area contributed by atoms with Crippen LogP contribution < -0.4 is 0 Å². The standard InChI is InChI=1S/C18H29N5/c1-15(2)21-11-6-17(7-12-21)18-19-9-14-23(18)16(3)5-13-22-10-4-8-20-22/h4,8-10,14-17H,5-7,11-13H2,1-3H3/t16-/m0/s1. The molecular formula is C18H29N5. The van der Waals surface area contributed by atoms with Crippen LogP contribution in [0.15, 0.2) is 30.9 Å². The van der Waals surface area contributed by atoms with Crippen molar-refractivity contribution in [1.82, 2.24) is 24.2 Å². The Morgan fingerprint density at radius 3 is 2.57 bits per heavy atom. The fourth-order valence-electron chi connectivity index (χ4n) is 3.58. The van der Waals surface area contributed by atoms with E-state index in [2.05, 4.69) is 41.5 Å². The summed E-state index contributed by atoms with van der Waals surface area (Å²) >= 11 is 0. The number of hydrogen-bond acceptors (Lipinski definition) is 3. The van der Waals surface area contributed by atoms with Gasteiger partial charge in [-0.15, -0.1) is 0 Å². The predicted molar refractivity (Wildman–Crippen MR) is 92.5 cm³/mol. The largest absolute Gasteiger partial charge is 0.332 e. The van der Waals surface area contributed by atoms with Crippen molar-refractivity contribution in [3.05, 3.63) is 36.7 Å². The van der Waals surface area contributed by atoms with Crippen molar-refractivity contribution >= 4 is 0 Å². The summed E-state index contributed by atoms with van der Waals surface area (Å²) in [6.45, 7) is 10.2. The molecule has 2 aromatic heterocycles. The Morgan fingerprint density at radius 1 is 1.13 bits per heavy atom. The van der Waals surface area contributed by atoms with Gasteiger partial charge in [0.1, 0.15) is 5.82 Å². The highest BCUT2D eigenvalue weighted by atomic mass is 15.3. The molecule has 5 nitrogen and oxygen atoms in total. The van der Waals surface area contributed by atoms with E-state index in [0.717, 1.165) is 13.0 Å². The monoisotopic (exact) mass is 315 g/mol. The van der Waals surface area contributed by atoms with E-state index in [9.17, 15) is 0 Å². The van der Waals surface area contributed by atoms with Crippen molar-refractivity contribution in [1.29, 1.82) is 0 Å². The van der Waals surface area contributed by atoms with E-state index in [0.29, 0.717) is 18.0 Å². The molecular weight excluding hydrogens is 286 g/mol. The summed E-state index contributed by atoms with van der Waals surface area (Å²) in [5.41, 5.74) is 0. The molecule has 5 heteroatoms. The van der Waals surface area contributed by atoms with Gasteiger partial charge in [-0.25, -0.2) is 4.98 Å². The Hall–Kier alpha value is -1.62. The molecule has 1 saturated heterocycles. The lowest BCUT2D eigenvalue weighted by molar-refractivity contribution is 0.167. The van der Waals surface area contributed by atoms with Gasteiger partial charge < -0.3 is 9.47 Å². The fourth-order valence-corrected chi connectivity index (χ4v) is 3.58. The van der Waals surface area contributed by atoms with Crippen LogP contribution in [0.5, 0.6) is 0 Å². The highest BCUT2D eigenvalue weighted by Crippen LogP contribution is 2.29. The summed E-state index contributed by atoms with van der Waals surface area (Å²) in [6, 6.07) is 3.10. The van der Waals surface area contributed by atoms with Crippen LogP contribution in [0.2, 0.25) is 0 Å². The molecule has 0 saturated carbocycles. The van der Waals surface area contributed by atoms with Gasteiger partial charge in [0.2, 0.25) is 0 Å². The first-order valence-electron chi connectivity index (χ1n) is 8.89. The smallest absolute Gasteiger partial charge is 0.112 e. The van der Waals surface area contributed by atoms with Crippen molar-refractivity contribution in [2.45, 2.75) is 64.6 Å². The van der Waals surface area contributed by atoms with Crippen LogP contribution in [0.4, 0.5) is 0 Å². The summed E-state index contributed by atoms with van der Waals surface area (Å²) in [5, 5.41) is 4.29. The van der Waals surface area contributed by atoms with Gasteiger partial charge in [-0.05, 0) is 59.2 Å². The molecule has 126 valence electrons. The fraction of sp³-hybridized carbons (Fsp3) is 0.667. The second-order valence-electron chi connectivity index (χ2n) is 7.00. The van der Waals surface area contributed by atoms with Crippen LogP contribution in [0.3, 0.4) is 0 Å². The van der Waals surface area contributed by atoms with Gasteiger partial charge in [0.25, 0.3) is 0 Å². The van der Waals surface area contributed by atoms with Crippen molar-refractivity contribution < 1.29 is 0 Å². The molecule has 0 aliphatic carbocycles. The molecule has 1 atom stereocenters. The SMILES string of the molecule is CC(C)N1CCC(c2nccn2[C@@H](C)CCn2cccn2)CC1. The Morgan fingerprint density at radius 2 is 1.91 bits per heavy atom. The zero-order valence-electron chi connectivity index (χ0n) is 14.6. The van der Waals surface area contributed by atoms with Crippen molar-refractivity contribution in [2.24, 2.45) is 0 Å².